The first-order chi connectivity index (χ1) is 9.74. The van der Waals surface area contributed by atoms with Crippen LogP contribution >= 0.6 is 11.6 Å². The molecule has 0 bridgehead atoms. The number of halogens is 1. The van der Waals surface area contributed by atoms with Crippen LogP contribution in [0.25, 0.3) is 10.8 Å². The van der Waals surface area contributed by atoms with Crippen LogP contribution in [-0.4, -0.2) is 4.98 Å². The summed E-state index contributed by atoms with van der Waals surface area (Å²) >= 11 is 6.15. The van der Waals surface area contributed by atoms with E-state index < -0.39 is 0 Å². The normalized spacial score (nSPS) is 10.7. The van der Waals surface area contributed by atoms with E-state index in [1.165, 1.54) is 10.9 Å². The third-order valence-corrected chi connectivity index (χ3v) is 3.81. The lowest BCUT2D eigenvalue weighted by Crippen LogP contribution is -2.00. The second-order valence-corrected chi connectivity index (χ2v) is 5.25. The molecule has 0 aliphatic carbocycles. The van der Waals surface area contributed by atoms with E-state index in [1.54, 1.807) is 0 Å². The van der Waals surface area contributed by atoms with Gasteiger partial charge >= 0.3 is 0 Å². The monoisotopic (exact) mass is 282 g/mol. The number of fused-ring (bicyclic) bond motifs is 1. The summed E-state index contributed by atoms with van der Waals surface area (Å²) in [5, 5.41) is 6.60. The molecule has 2 nitrogen and oxygen atoms in total. The fraction of sp³-hybridized carbons (Fsp3) is 0.118. The molecule has 1 heterocycles. The standard InChI is InChI=1S/C17H15ClN2/c1-12-5-6-13(9-16(12)18)10-20-17-4-2-3-14-11-19-8-7-15(14)17/h2-9,11,20H,10H2,1H3. The number of benzene rings is 2. The molecule has 3 heteroatoms. The first-order valence-electron chi connectivity index (χ1n) is 6.56. The highest BCUT2D eigenvalue weighted by Gasteiger charge is 2.01. The van der Waals surface area contributed by atoms with E-state index in [1.807, 2.05) is 43.6 Å². The van der Waals surface area contributed by atoms with E-state index in [0.717, 1.165) is 28.2 Å². The van der Waals surface area contributed by atoms with Crippen molar-refractivity contribution in [3.05, 3.63) is 71.0 Å². The maximum Gasteiger partial charge on any atom is 0.0438 e. The fourth-order valence-electron chi connectivity index (χ4n) is 2.22. The summed E-state index contributed by atoms with van der Waals surface area (Å²) in [6.45, 7) is 2.76. The van der Waals surface area contributed by atoms with Gasteiger partial charge in [-0.05, 0) is 36.2 Å². The van der Waals surface area contributed by atoms with E-state index in [-0.39, 0.29) is 0 Å². The number of aryl methyl sites for hydroxylation is 1. The molecule has 0 amide bonds. The Bertz CT molecular complexity index is 748. The van der Waals surface area contributed by atoms with Crippen molar-refractivity contribution in [2.24, 2.45) is 0 Å². The van der Waals surface area contributed by atoms with Crippen molar-refractivity contribution >= 4 is 28.1 Å². The lowest BCUT2D eigenvalue weighted by atomic mass is 10.1. The van der Waals surface area contributed by atoms with E-state index in [9.17, 15) is 0 Å². The third-order valence-electron chi connectivity index (χ3n) is 3.40. The van der Waals surface area contributed by atoms with Crippen LogP contribution < -0.4 is 5.32 Å². The molecule has 0 radical (unpaired) electrons. The Hall–Kier alpha value is -2.06. The zero-order chi connectivity index (χ0) is 13.9. The molecule has 0 saturated carbocycles. The largest absolute Gasteiger partial charge is 0.380 e. The first-order valence-corrected chi connectivity index (χ1v) is 6.93. The van der Waals surface area contributed by atoms with Gasteiger partial charge in [-0.2, -0.15) is 0 Å². The Morgan fingerprint density at radius 1 is 1.15 bits per heavy atom. The van der Waals surface area contributed by atoms with E-state index >= 15 is 0 Å². The van der Waals surface area contributed by atoms with Crippen molar-refractivity contribution in [2.75, 3.05) is 5.32 Å². The number of aromatic nitrogens is 1. The van der Waals surface area contributed by atoms with Gasteiger partial charge in [-0.25, -0.2) is 0 Å². The minimum atomic E-state index is 0.751. The minimum Gasteiger partial charge on any atom is -0.380 e. The van der Waals surface area contributed by atoms with Crippen LogP contribution in [0, 0.1) is 6.92 Å². The minimum absolute atomic E-state index is 0.751. The molecule has 1 N–H and O–H groups in total. The van der Waals surface area contributed by atoms with Crippen LogP contribution in [0.2, 0.25) is 5.02 Å². The first kappa shape index (κ1) is 12.9. The van der Waals surface area contributed by atoms with Crippen LogP contribution in [0.15, 0.2) is 54.9 Å². The molecule has 20 heavy (non-hydrogen) atoms. The summed E-state index contributed by atoms with van der Waals surface area (Å²) in [6.07, 6.45) is 3.69. The molecule has 0 fully saturated rings. The summed E-state index contributed by atoms with van der Waals surface area (Å²) in [6, 6.07) is 14.4. The smallest absolute Gasteiger partial charge is 0.0438 e. The highest BCUT2D eigenvalue weighted by atomic mass is 35.5. The third kappa shape index (κ3) is 2.61. The van der Waals surface area contributed by atoms with Crippen molar-refractivity contribution in [1.29, 1.82) is 0 Å². The number of pyridine rings is 1. The summed E-state index contributed by atoms with van der Waals surface area (Å²) in [5.74, 6) is 0. The number of rotatable bonds is 3. The average molecular weight is 283 g/mol. The van der Waals surface area contributed by atoms with Crippen LogP contribution in [0.5, 0.6) is 0 Å². The van der Waals surface area contributed by atoms with Crippen molar-refractivity contribution in [3.8, 4) is 0 Å². The molecular weight excluding hydrogens is 268 g/mol. The van der Waals surface area contributed by atoms with Crippen LogP contribution in [0.3, 0.4) is 0 Å². The Labute approximate surface area is 123 Å². The van der Waals surface area contributed by atoms with Crippen LogP contribution in [0.1, 0.15) is 11.1 Å². The predicted octanol–water partition coefficient (Wildman–Crippen LogP) is 4.81. The number of hydrogen-bond acceptors (Lipinski definition) is 2. The second kappa shape index (κ2) is 5.51. The highest BCUT2D eigenvalue weighted by Crippen LogP contribution is 2.23. The summed E-state index contributed by atoms with van der Waals surface area (Å²) in [4.78, 5) is 4.15. The quantitative estimate of drug-likeness (QED) is 0.746. The molecule has 3 aromatic rings. The molecule has 0 aliphatic heterocycles. The van der Waals surface area contributed by atoms with E-state index in [0.29, 0.717) is 0 Å². The summed E-state index contributed by atoms with van der Waals surface area (Å²) in [7, 11) is 0. The lowest BCUT2D eigenvalue weighted by molar-refractivity contribution is 1.15. The topological polar surface area (TPSA) is 24.9 Å². The number of hydrogen-bond donors (Lipinski definition) is 1. The molecule has 2 aromatic carbocycles. The Morgan fingerprint density at radius 2 is 2.05 bits per heavy atom. The Morgan fingerprint density at radius 3 is 2.90 bits per heavy atom. The van der Waals surface area contributed by atoms with Crippen molar-refractivity contribution < 1.29 is 0 Å². The molecule has 0 spiro atoms. The molecule has 100 valence electrons. The molecule has 0 unspecified atom stereocenters. The van der Waals surface area contributed by atoms with Crippen molar-refractivity contribution in [3.63, 3.8) is 0 Å². The Kier molecular flexibility index (Phi) is 3.57. The van der Waals surface area contributed by atoms with Crippen molar-refractivity contribution in [1.82, 2.24) is 4.98 Å². The van der Waals surface area contributed by atoms with Gasteiger partial charge < -0.3 is 5.32 Å². The number of nitrogens with zero attached hydrogens (tertiary/aromatic N) is 1. The predicted molar refractivity (Wildman–Crippen MR) is 85.3 cm³/mol. The van der Waals surface area contributed by atoms with Gasteiger partial charge in [0.25, 0.3) is 0 Å². The maximum absolute atomic E-state index is 6.15. The molecule has 0 aliphatic rings. The van der Waals surface area contributed by atoms with Gasteiger partial charge in [0.1, 0.15) is 0 Å². The molecule has 1 aromatic heterocycles. The van der Waals surface area contributed by atoms with E-state index in [4.69, 9.17) is 11.6 Å². The zero-order valence-corrected chi connectivity index (χ0v) is 12.0. The van der Waals surface area contributed by atoms with Gasteiger partial charge in [0, 0.05) is 40.4 Å². The molecule has 3 rings (SSSR count). The van der Waals surface area contributed by atoms with Gasteiger partial charge in [0.2, 0.25) is 0 Å². The Balaban J connectivity index is 1.85. The molecular formula is C17H15ClN2. The van der Waals surface area contributed by atoms with Crippen LogP contribution in [0.4, 0.5) is 5.69 Å². The molecule has 0 atom stereocenters. The summed E-state index contributed by atoms with van der Waals surface area (Å²) in [5.41, 5.74) is 3.39. The van der Waals surface area contributed by atoms with Gasteiger partial charge in [-0.3, -0.25) is 4.98 Å². The van der Waals surface area contributed by atoms with Gasteiger partial charge in [0.15, 0.2) is 0 Å². The van der Waals surface area contributed by atoms with Gasteiger partial charge in [-0.15, -0.1) is 0 Å². The average Bonchev–Trinajstić information content (AvgIpc) is 2.48. The lowest BCUT2D eigenvalue weighted by Gasteiger charge is -2.10. The van der Waals surface area contributed by atoms with Crippen molar-refractivity contribution in [2.45, 2.75) is 13.5 Å². The zero-order valence-electron chi connectivity index (χ0n) is 11.2. The van der Waals surface area contributed by atoms with Gasteiger partial charge in [-0.1, -0.05) is 35.9 Å². The fourth-order valence-corrected chi connectivity index (χ4v) is 2.42. The van der Waals surface area contributed by atoms with E-state index in [2.05, 4.69) is 28.5 Å². The second-order valence-electron chi connectivity index (χ2n) is 4.84. The highest BCUT2D eigenvalue weighted by molar-refractivity contribution is 6.31. The maximum atomic E-state index is 6.15. The summed E-state index contributed by atoms with van der Waals surface area (Å²) < 4.78 is 0. The van der Waals surface area contributed by atoms with Gasteiger partial charge in [0.05, 0.1) is 0 Å². The van der Waals surface area contributed by atoms with Crippen LogP contribution in [-0.2, 0) is 6.54 Å². The number of nitrogens with one attached hydrogen (secondary N) is 1. The molecule has 0 saturated heterocycles. The number of anilines is 1. The SMILES string of the molecule is Cc1ccc(CNc2cccc3cnccc23)cc1Cl.